The molecule has 4 aliphatic rings. The summed E-state index contributed by atoms with van der Waals surface area (Å²) in [7, 11) is 4.29. The number of nitrogens with zero attached hydrogens (tertiary/aromatic N) is 5. The van der Waals surface area contributed by atoms with Gasteiger partial charge in [0.15, 0.2) is 12.6 Å². The number of nitrogens with one attached hydrogen (secondary N) is 1. The maximum Gasteiger partial charge on any atom is 0.311 e. The van der Waals surface area contributed by atoms with Crippen molar-refractivity contribution in [3.8, 4) is 0 Å². The summed E-state index contributed by atoms with van der Waals surface area (Å²) in [4.78, 5) is 22.3. The van der Waals surface area contributed by atoms with Gasteiger partial charge in [-0.3, -0.25) is 4.79 Å². The van der Waals surface area contributed by atoms with E-state index in [1.165, 1.54) is 40.0 Å². The van der Waals surface area contributed by atoms with Gasteiger partial charge in [-0.05, 0) is 85.4 Å². The molecule has 1 unspecified atom stereocenters. The Morgan fingerprint density at radius 3 is 2.24 bits per heavy atom. The number of halogens is 1. The first kappa shape index (κ1) is 67.5. The second-order valence-corrected chi connectivity index (χ2v) is 25.2. The molecule has 1 aromatic heterocycles. The molecular formula is C57H93FN6O17S. The number of alkyl halides is 1. The molecule has 4 aliphatic heterocycles. The first-order valence-corrected chi connectivity index (χ1v) is 30.0. The van der Waals surface area contributed by atoms with Crippen LogP contribution in [-0.2, 0) is 68.7 Å². The molecule has 0 spiro atoms. The van der Waals surface area contributed by atoms with E-state index in [0.717, 1.165) is 11.0 Å². The molecule has 1 aromatic carbocycles. The molecule has 0 saturated carbocycles. The molecule has 25 heteroatoms. The Kier molecular flexibility index (Phi) is 23.6. The van der Waals surface area contributed by atoms with Crippen molar-refractivity contribution in [2.75, 3.05) is 55.5 Å². The van der Waals surface area contributed by atoms with Gasteiger partial charge in [-0.2, -0.15) is 0 Å². The predicted octanol–water partition coefficient (Wildman–Crippen LogP) is 4.83. The van der Waals surface area contributed by atoms with Crippen LogP contribution in [0.1, 0.15) is 136 Å². The lowest BCUT2D eigenvalue weighted by molar-refractivity contribution is -0.319. The molecule has 2 aromatic rings. The first-order chi connectivity index (χ1) is 38.6. The number of likely N-dealkylation sites (N-methyl/N-ethyl adjacent to an activating group) is 1. The third-order valence-corrected chi connectivity index (χ3v) is 18.7. The minimum absolute atomic E-state index is 0.0715. The highest BCUT2D eigenvalue weighted by molar-refractivity contribution is 7.92. The smallest absolute Gasteiger partial charge is 0.311 e. The number of carbonyl (C=O) groups is 1. The quantitative estimate of drug-likeness (QED) is 0.0514. The Balaban J connectivity index is 1.30. The fourth-order valence-corrected chi connectivity index (χ4v) is 13.5. The molecule has 0 radical (unpaired) electrons. The minimum atomic E-state index is -3.53. The largest absolute Gasteiger partial charge is 0.459 e. The van der Waals surface area contributed by atoms with E-state index in [9.17, 15) is 33.6 Å². The molecule has 23 nitrogen and oxygen atoms in total. The van der Waals surface area contributed by atoms with Crippen molar-refractivity contribution >= 4 is 21.7 Å². The molecule has 466 valence electrons. The number of aromatic nitrogens is 3. The minimum Gasteiger partial charge on any atom is -0.459 e. The number of esters is 1. The Morgan fingerprint density at radius 1 is 0.951 bits per heavy atom. The van der Waals surface area contributed by atoms with E-state index in [-0.39, 0.29) is 26.1 Å². The number of hydrogen-bond acceptors (Lipinski definition) is 21. The summed E-state index contributed by atoms with van der Waals surface area (Å²) in [5.41, 5.74) is -2.08. The lowest BCUT2D eigenvalue weighted by atomic mass is 9.73. The van der Waals surface area contributed by atoms with Crippen LogP contribution >= 0.6 is 0 Å². The molecule has 3 fully saturated rings. The van der Waals surface area contributed by atoms with Gasteiger partial charge in [0.25, 0.3) is 0 Å². The summed E-state index contributed by atoms with van der Waals surface area (Å²) in [5.74, 6) is -4.07. The highest BCUT2D eigenvalue weighted by Crippen LogP contribution is 2.43. The van der Waals surface area contributed by atoms with E-state index in [1.807, 2.05) is 39.6 Å². The fraction of sp³-hybridized carbons (Fsp3) is 0.789. The number of carbonyl (C=O) groups excluding carboxylic acids is 1. The van der Waals surface area contributed by atoms with Crippen LogP contribution in [0.5, 0.6) is 0 Å². The molecule has 0 aliphatic carbocycles. The van der Waals surface area contributed by atoms with E-state index >= 15 is 4.39 Å². The molecule has 82 heavy (non-hydrogen) atoms. The standard InChI is InChI=1S/C57H93FN6O17S/c1-16-44-57(10,69)50(66)34(4)46(60-76-31-72-12)32(2)27-56(9,75-15)52(35(5)48(36(6)53(68)79-44)80-45-28-55(8,74-14)51(67)37(7)78-45)81-54-47(65)42(26-33(3)77-54)63(11)24-23-40-30-64(62-59-40)43(29-58)49(73-13)39-21-19-38(20-22-39)41-18-17-25-82(70,71)61-41/h17,19-22,25,30,32-37,41-45,47-52,54,61,65-67,69H,16,18,23-24,26-29,31H2,1-15H3/b60-46+/t32-,33-,34+,35+,36-,37+,41?,42+,43-,44-,45+,47-,48+,49-,50-,51+,52-,54+,55-,56-,57-/m1/s1. The van der Waals surface area contributed by atoms with Crippen LogP contribution in [-0.4, -0.2) is 200 Å². The number of rotatable bonds is 20. The Hall–Kier alpha value is -3.64. The second kappa shape index (κ2) is 28.7. The first-order valence-electron chi connectivity index (χ1n) is 28.5. The van der Waals surface area contributed by atoms with E-state index in [2.05, 4.69) is 20.2 Å². The highest BCUT2D eigenvalue weighted by Gasteiger charge is 2.54. The third kappa shape index (κ3) is 15.5. The summed E-state index contributed by atoms with van der Waals surface area (Å²) in [6, 6.07) is 5.33. The van der Waals surface area contributed by atoms with E-state index in [0.29, 0.717) is 42.8 Å². The van der Waals surface area contributed by atoms with Crippen molar-refractivity contribution < 1.29 is 85.5 Å². The van der Waals surface area contributed by atoms with Gasteiger partial charge in [-0.15, -0.1) is 5.10 Å². The maximum absolute atomic E-state index is 15.0. The predicted molar refractivity (Wildman–Crippen MR) is 299 cm³/mol. The Morgan fingerprint density at radius 2 is 1.63 bits per heavy atom. The van der Waals surface area contributed by atoms with Crippen molar-refractivity contribution in [2.45, 2.75) is 210 Å². The van der Waals surface area contributed by atoms with Crippen LogP contribution in [0.25, 0.3) is 0 Å². The summed E-state index contributed by atoms with van der Waals surface area (Å²) < 4.78 is 99.8. The molecule has 3 saturated heterocycles. The van der Waals surface area contributed by atoms with Gasteiger partial charge in [0.1, 0.15) is 42.7 Å². The lowest BCUT2D eigenvalue weighted by Gasteiger charge is -2.50. The molecule has 5 N–H and O–H groups in total. The number of sulfonamides is 1. The zero-order chi connectivity index (χ0) is 60.6. The van der Waals surface area contributed by atoms with Crippen molar-refractivity contribution in [2.24, 2.45) is 28.8 Å². The molecule has 5 heterocycles. The maximum atomic E-state index is 15.0. The van der Waals surface area contributed by atoms with Gasteiger partial charge in [-0.1, -0.05) is 68.4 Å². The lowest BCUT2D eigenvalue weighted by Crippen LogP contribution is -2.61. The number of cyclic esters (lactones) is 1. The third-order valence-electron chi connectivity index (χ3n) is 17.5. The normalized spacial score (nSPS) is 39.1. The van der Waals surface area contributed by atoms with Gasteiger partial charge in [0.05, 0.1) is 65.1 Å². The number of hydrogen-bond donors (Lipinski definition) is 5. The van der Waals surface area contributed by atoms with Crippen LogP contribution in [0.3, 0.4) is 0 Å². The number of ether oxygens (including phenoxy) is 9. The molecule has 0 bridgehead atoms. The number of aliphatic hydroxyl groups is 4. The molecule has 6 rings (SSSR count). The summed E-state index contributed by atoms with van der Waals surface area (Å²) in [5, 5.41) is 62.2. The highest BCUT2D eigenvalue weighted by atomic mass is 32.2. The van der Waals surface area contributed by atoms with Gasteiger partial charge < -0.3 is 72.8 Å². The van der Waals surface area contributed by atoms with Crippen molar-refractivity contribution in [3.05, 3.63) is 58.8 Å². The Labute approximate surface area is 483 Å². The molecule has 21 atom stereocenters. The van der Waals surface area contributed by atoms with Crippen LogP contribution in [0, 0.1) is 23.7 Å². The van der Waals surface area contributed by atoms with Gasteiger partial charge in [-0.25, -0.2) is 22.2 Å². The summed E-state index contributed by atoms with van der Waals surface area (Å²) >= 11 is 0. The van der Waals surface area contributed by atoms with E-state index in [1.54, 1.807) is 71.2 Å². The van der Waals surface area contributed by atoms with E-state index < -0.39 is 149 Å². The van der Waals surface area contributed by atoms with Crippen molar-refractivity contribution in [1.29, 1.82) is 0 Å². The van der Waals surface area contributed by atoms with Crippen molar-refractivity contribution in [1.82, 2.24) is 24.6 Å². The average Bonchev–Trinajstić information content (AvgIpc) is 4.08. The van der Waals surface area contributed by atoms with Crippen LogP contribution < -0.4 is 4.72 Å². The fourth-order valence-electron chi connectivity index (χ4n) is 12.4. The van der Waals surface area contributed by atoms with E-state index in [4.69, 9.17) is 47.5 Å². The van der Waals surface area contributed by atoms with Crippen LogP contribution in [0.15, 0.2) is 47.1 Å². The zero-order valence-electron chi connectivity index (χ0n) is 50.4. The average molecular weight is 1190 g/mol. The topological polar surface area (TPSA) is 283 Å². The van der Waals surface area contributed by atoms with Gasteiger partial charge in [0, 0.05) is 83.2 Å². The Bertz CT molecular complexity index is 2530. The SMILES string of the molecule is CC[C@H]1OC(=O)[C@H](C)[C@@H](O[C@H]2C[C@@](C)(OC)[C@@H](O)[C@H](C)O2)[C@H](C)[C@@H](O[C@@H]2O[C@H](C)C[C@H](N(C)CCc3cn([C@H](CF)[C@H](OC)c4ccc(C5CC=CS(=O)(=O)N5)cc4)nn3)[C@H]2O)[C@](C)(OC)C[C@@H](C)/C(=N\OCOC)[C@H](C)[C@@H](O)[C@]1(C)O. The summed E-state index contributed by atoms with van der Waals surface area (Å²) in [6.07, 6.45) is -6.50. The van der Waals surface area contributed by atoms with Gasteiger partial charge in [0.2, 0.25) is 16.8 Å². The van der Waals surface area contributed by atoms with Crippen LogP contribution in [0.2, 0.25) is 0 Å². The second-order valence-electron chi connectivity index (χ2n) is 23.6. The number of methoxy groups -OCH3 is 4. The van der Waals surface area contributed by atoms with Crippen LogP contribution in [0.4, 0.5) is 4.39 Å². The number of benzene rings is 1. The number of oxime groups is 1. The molecule has 0 amide bonds. The zero-order valence-corrected chi connectivity index (χ0v) is 51.2. The van der Waals surface area contributed by atoms with Crippen molar-refractivity contribution in [3.63, 3.8) is 0 Å². The number of aliphatic hydroxyl groups excluding tert-OH is 3. The monoisotopic (exact) mass is 1180 g/mol. The summed E-state index contributed by atoms with van der Waals surface area (Å²) in [6.45, 7) is 16.8. The molecular weight excluding hydrogens is 1090 g/mol. The van der Waals surface area contributed by atoms with Gasteiger partial charge >= 0.3 is 5.97 Å².